The van der Waals surface area contributed by atoms with Crippen molar-refractivity contribution in [3.63, 3.8) is 0 Å². The van der Waals surface area contributed by atoms with Crippen LogP contribution in [0.15, 0.2) is 33.9 Å². The van der Waals surface area contributed by atoms with E-state index in [9.17, 15) is 4.79 Å². The Morgan fingerprint density at radius 3 is 2.62 bits per heavy atom. The maximum Gasteiger partial charge on any atom is 0.253 e. The van der Waals surface area contributed by atoms with Crippen LogP contribution >= 0.6 is 15.9 Å². The molecule has 1 unspecified atom stereocenters. The van der Waals surface area contributed by atoms with E-state index in [2.05, 4.69) is 26.0 Å². The molecule has 6 nitrogen and oxygen atoms in total. The Balaban J connectivity index is 1.96. The number of carbonyl (C=O) groups excluding carboxylic acids is 1. The van der Waals surface area contributed by atoms with Crippen LogP contribution in [0.3, 0.4) is 0 Å². The quantitative estimate of drug-likeness (QED) is 0.371. The first kappa shape index (κ1) is 15.8. The van der Waals surface area contributed by atoms with Gasteiger partial charge in [-0.1, -0.05) is 27.2 Å². The Hall–Kier alpha value is -1.60. The van der Waals surface area contributed by atoms with Gasteiger partial charge in [0.05, 0.1) is 6.04 Å². The van der Waals surface area contributed by atoms with Gasteiger partial charge in [0.15, 0.2) is 5.84 Å². The van der Waals surface area contributed by atoms with E-state index in [1.165, 1.54) is 0 Å². The number of nitrogens with two attached hydrogens (primary N) is 1. The third kappa shape index (κ3) is 3.74. The van der Waals surface area contributed by atoms with Crippen LogP contribution in [-0.2, 0) is 0 Å². The van der Waals surface area contributed by atoms with Gasteiger partial charge in [0.1, 0.15) is 0 Å². The fourth-order valence-corrected chi connectivity index (χ4v) is 2.79. The van der Waals surface area contributed by atoms with E-state index in [1.54, 1.807) is 0 Å². The molecule has 7 heteroatoms. The summed E-state index contributed by atoms with van der Waals surface area (Å²) in [5.74, 6) is 0.231. The number of hydrogen-bond donors (Lipinski definition) is 2. The number of piperazine rings is 1. The molecule has 1 amide bonds. The van der Waals surface area contributed by atoms with E-state index in [0.717, 1.165) is 4.47 Å². The number of rotatable bonds is 3. The Bertz CT molecular complexity index is 542. The number of carbonyl (C=O) groups is 1. The van der Waals surface area contributed by atoms with Crippen molar-refractivity contribution in [3.05, 3.63) is 34.3 Å². The molecular formula is C14H19BrN4O2. The Labute approximate surface area is 132 Å². The second-order valence-electron chi connectivity index (χ2n) is 5.04. The molecule has 1 saturated heterocycles. The topological polar surface area (TPSA) is 82.2 Å². The summed E-state index contributed by atoms with van der Waals surface area (Å²) in [4.78, 5) is 16.3. The second-order valence-corrected chi connectivity index (χ2v) is 5.96. The fraction of sp³-hybridized carbons (Fsp3) is 0.429. The smallest absolute Gasteiger partial charge is 0.253 e. The number of oxime groups is 1. The molecule has 1 atom stereocenters. The van der Waals surface area contributed by atoms with Crippen molar-refractivity contribution in [3.8, 4) is 0 Å². The van der Waals surface area contributed by atoms with Crippen LogP contribution < -0.4 is 5.73 Å². The predicted molar refractivity (Wildman–Crippen MR) is 84.5 cm³/mol. The number of nitrogens with zero attached hydrogens (tertiary/aromatic N) is 3. The summed E-state index contributed by atoms with van der Waals surface area (Å²) in [5.41, 5.74) is 6.30. The first-order chi connectivity index (χ1) is 10.0. The average molecular weight is 355 g/mol. The van der Waals surface area contributed by atoms with Crippen LogP contribution in [0.1, 0.15) is 17.3 Å². The van der Waals surface area contributed by atoms with Gasteiger partial charge in [-0.05, 0) is 25.1 Å². The minimum Gasteiger partial charge on any atom is -0.409 e. The standard InChI is InChI=1S/C14H19BrN4O2/c1-10(13(16)17-21)18-5-7-19(8-6-18)14(20)11-3-2-4-12(15)9-11/h2-4,9-10,21H,5-8H2,1H3,(H2,16,17). The number of amides is 1. The zero-order valence-electron chi connectivity index (χ0n) is 11.9. The molecule has 1 aliphatic heterocycles. The van der Waals surface area contributed by atoms with Crippen molar-refractivity contribution in [2.45, 2.75) is 13.0 Å². The molecule has 0 saturated carbocycles. The highest BCUT2D eigenvalue weighted by Crippen LogP contribution is 2.15. The minimum atomic E-state index is -0.127. The third-order valence-corrected chi connectivity index (χ3v) is 4.26. The predicted octanol–water partition coefficient (Wildman–Crippen LogP) is 1.34. The van der Waals surface area contributed by atoms with Crippen LogP contribution in [0.5, 0.6) is 0 Å². The van der Waals surface area contributed by atoms with Crippen molar-refractivity contribution in [2.75, 3.05) is 26.2 Å². The molecule has 1 fully saturated rings. The van der Waals surface area contributed by atoms with Crippen molar-refractivity contribution >= 4 is 27.7 Å². The van der Waals surface area contributed by atoms with Crippen molar-refractivity contribution in [1.82, 2.24) is 9.80 Å². The van der Waals surface area contributed by atoms with Crippen LogP contribution in [0.4, 0.5) is 0 Å². The third-order valence-electron chi connectivity index (χ3n) is 3.76. The molecule has 1 aromatic rings. The van der Waals surface area contributed by atoms with Gasteiger partial charge in [-0.15, -0.1) is 0 Å². The first-order valence-electron chi connectivity index (χ1n) is 6.79. The molecule has 1 heterocycles. The van der Waals surface area contributed by atoms with E-state index in [1.807, 2.05) is 36.1 Å². The number of hydrogen-bond acceptors (Lipinski definition) is 4. The van der Waals surface area contributed by atoms with E-state index in [0.29, 0.717) is 31.7 Å². The number of halogens is 1. The average Bonchev–Trinajstić information content (AvgIpc) is 2.53. The molecule has 0 aromatic heterocycles. The summed E-state index contributed by atoms with van der Waals surface area (Å²) in [6.45, 7) is 4.57. The van der Waals surface area contributed by atoms with Gasteiger partial charge >= 0.3 is 0 Å². The van der Waals surface area contributed by atoms with Gasteiger partial charge in [-0.2, -0.15) is 0 Å². The van der Waals surface area contributed by atoms with Crippen LogP contribution in [0, 0.1) is 0 Å². The maximum absolute atomic E-state index is 12.4. The molecule has 21 heavy (non-hydrogen) atoms. The maximum atomic E-state index is 12.4. The highest BCUT2D eigenvalue weighted by atomic mass is 79.9. The van der Waals surface area contributed by atoms with Crippen molar-refractivity contribution in [1.29, 1.82) is 0 Å². The van der Waals surface area contributed by atoms with E-state index >= 15 is 0 Å². The number of benzene rings is 1. The van der Waals surface area contributed by atoms with Gasteiger partial charge in [0.25, 0.3) is 5.91 Å². The minimum absolute atomic E-state index is 0.0346. The molecule has 0 spiro atoms. The molecule has 3 N–H and O–H groups in total. The van der Waals surface area contributed by atoms with Crippen molar-refractivity contribution < 1.29 is 10.0 Å². The zero-order chi connectivity index (χ0) is 15.4. The monoisotopic (exact) mass is 354 g/mol. The summed E-state index contributed by atoms with van der Waals surface area (Å²) in [7, 11) is 0. The van der Waals surface area contributed by atoms with E-state index in [4.69, 9.17) is 10.9 Å². The molecular weight excluding hydrogens is 336 g/mol. The molecule has 0 bridgehead atoms. The van der Waals surface area contributed by atoms with Gasteiger partial charge in [-0.3, -0.25) is 9.69 Å². The summed E-state index contributed by atoms with van der Waals surface area (Å²) < 4.78 is 0.896. The largest absolute Gasteiger partial charge is 0.409 e. The highest BCUT2D eigenvalue weighted by Gasteiger charge is 2.26. The van der Waals surface area contributed by atoms with Crippen LogP contribution in [-0.4, -0.2) is 59.0 Å². The lowest BCUT2D eigenvalue weighted by molar-refractivity contribution is 0.0619. The molecule has 0 radical (unpaired) electrons. The lowest BCUT2D eigenvalue weighted by Gasteiger charge is -2.37. The van der Waals surface area contributed by atoms with Gasteiger partial charge in [0.2, 0.25) is 0 Å². The Morgan fingerprint density at radius 2 is 2.05 bits per heavy atom. The second kappa shape index (κ2) is 6.91. The Morgan fingerprint density at radius 1 is 1.38 bits per heavy atom. The molecule has 1 aliphatic rings. The summed E-state index contributed by atoms with van der Waals surface area (Å²) in [6, 6.07) is 7.27. The zero-order valence-corrected chi connectivity index (χ0v) is 13.5. The first-order valence-corrected chi connectivity index (χ1v) is 7.58. The Kier molecular flexibility index (Phi) is 5.19. The fourth-order valence-electron chi connectivity index (χ4n) is 2.39. The SMILES string of the molecule is CC(C(N)=NO)N1CCN(C(=O)c2cccc(Br)c2)CC1. The van der Waals surface area contributed by atoms with Crippen molar-refractivity contribution in [2.24, 2.45) is 10.9 Å². The van der Waals surface area contributed by atoms with Gasteiger partial charge < -0.3 is 15.8 Å². The normalized spacial score (nSPS) is 18.6. The molecule has 114 valence electrons. The molecule has 1 aromatic carbocycles. The van der Waals surface area contributed by atoms with Gasteiger partial charge in [-0.25, -0.2) is 0 Å². The number of amidine groups is 1. The molecule has 0 aliphatic carbocycles. The van der Waals surface area contributed by atoms with Crippen LogP contribution in [0.2, 0.25) is 0 Å². The summed E-state index contributed by atoms with van der Waals surface area (Å²) >= 11 is 3.38. The summed E-state index contributed by atoms with van der Waals surface area (Å²) in [5, 5.41) is 11.8. The highest BCUT2D eigenvalue weighted by molar-refractivity contribution is 9.10. The van der Waals surface area contributed by atoms with Crippen LogP contribution in [0.25, 0.3) is 0 Å². The lowest BCUT2D eigenvalue weighted by Crippen LogP contribution is -2.54. The molecule has 2 rings (SSSR count). The van der Waals surface area contributed by atoms with E-state index in [-0.39, 0.29) is 17.8 Å². The lowest BCUT2D eigenvalue weighted by atomic mass is 10.1. The summed E-state index contributed by atoms with van der Waals surface area (Å²) in [6.07, 6.45) is 0. The van der Waals surface area contributed by atoms with E-state index < -0.39 is 0 Å². The van der Waals surface area contributed by atoms with Gasteiger partial charge in [0, 0.05) is 36.2 Å².